The van der Waals surface area contributed by atoms with Gasteiger partial charge in [-0.3, -0.25) is 9.36 Å². The molecular weight excluding hydrogens is 490 g/mol. The molecule has 0 fully saturated rings. The second-order valence-electron chi connectivity index (χ2n) is 8.66. The Hall–Kier alpha value is -4.75. The van der Waals surface area contributed by atoms with Crippen molar-refractivity contribution in [1.82, 2.24) is 20.2 Å². The molecule has 1 aromatic heterocycles. The number of thioether (sulfide) groups is 1. The van der Waals surface area contributed by atoms with Crippen LogP contribution in [0.5, 0.6) is 0 Å². The molecular formula is C31H23N5OS. The van der Waals surface area contributed by atoms with Gasteiger partial charge in [0.25, 0.3) is 5.91 Å². The minimum Gasteiger partial charge on any atom is -0.272 e. The van der Waals surface area contributed by atoms with Crippen LogP contribution in [0.25, 0.3) is 38.6 Å². The highest BCUT2D eigenvalue weighted by molar-refractivity contribution is 7.99. The lowest BCUT2D eigenvalue weighted by Crippen LogP contribution is -2.20. The van der Waals surface area contributed by atoms with E-state index in [4.69, 9.17) is 0 Å². The highest BCUT2D eigenvalue weighted by Gasteiger charge is 2.17. The lowest BCUT2D eigenvalue weighted by molar-refractivity contribution is -0.118. The highest BCUT2D eigenvalue weighted by Crippen LogP contribution is 2.29. The number of para-hydroxylation sites is 1. The van der Waals surface area contributed by atoms with Crippen molar-refractivity contribution in [2.45, 2.75) is 5.16 Å². The number of carbonyl (C=O) groups is 1. The summed E-state index contributed by atoms with van der Waals surface area (Å²) in [5.74, 6) is 0.646. The van der Waals surface area contributed by atoms with E-state index in [1.165, 1.54) is 11.8 Å². The van der Waals surface area contributed by atoms with Gasteiger partial charge in [0, 0.05) is 16.8 Å². The number of nitrogens with one attached hydrogen (secondary N) is 1. The number of hydrogen-bond donors (Lipinski definition) is 1. The zero-order valence-electron chi connectivity index (χ0n) is 20.4. The van der Waals surface area contributed by atoms with E-state index >= 15 is 0 Å². The number of hydrazone groups is 1. The quantitative estimate of drug-likeness (QED) is 0.115. The molecule has 0 aliphatic rings. The van der Waals surface area contributed by atoms with E-state index in [0.717, 1.165) is 44.2 Å². The first-order chi connectivity index (χ1) is 18.8. The summed E-state index contributed by atoms with van der Waals surface area (Å²) in [4.78, 5) is 12.8. The van der Waals surface area contributed by atoms with Gasteiger partial charge in [0.15, 0.2) is 11.0 Å². The first-order valence-corrected chi connectivity index (χ1v) is 13.2. The molecule has 6 rings (SSSR count). The minimum absolute atomic E-state index is 0.146. The van der Waals surface area contributed by atoms with Crippen LogP contribution in [0.3, 0.4) is 0 Å². The Bertz CT molecular complexity index is 1710. The summed E-state index contributed by atoms with van der Waals surface area (Å²) in [7, 11) is 0. The zero-order valence-corrected chi connectivity index (χ0v) is 21.2. The number of rotatable bonds is 7. The number of fused-ring (bicyclic) bond motifs is 2. The largest absolute Gasteiger partial charge is 0.272 e. The number of aromatic nitrogens is 3. The standard InChI is InChI=1S/C31H23N5OS/c37-29(33-32-20-28-26-17-9-7-13-23(26)19-24-14-8-10-18-27(24)28)21-38-31-35-34-30(22-11-3-1-4-12-22)36(31)25-15-5-2-6-16-25/h1-20H,21H2,(H,33,37)/b32-20-. The van der Waals surface area contributed by atoms with Crippen molar-refractivity contribution >= 4 is 45.4 Å². The van der Waals surface area contributed by atoms with E-state index in [1.54, 1.807) is 6.21 Å². The molecule has 0 aliphatic carbocycles. The van der Waals surface area contributed by atoms with E-state index < -0.39 is 0 Å². The predicted octanol–water partition coefficient (Wildman–Crippen LogP) is 6.48. The molecule has 0 bridgehead atoms. The van der Waals surface area contributed by atoms with E-state index in [1.807, 2.05) is 89.5 Å². The van der Waals surface area contributed by atoms with Gasteiger partial charge in [-0.25, -0.2) is 5.43 Å². The van der Waals surface area contributed by atoms with Crippen molar-refractivity contribution in [3.05, 3.63) is 121 Å². The van der Waals surface area contributed by atoms with Crippen molar-refractivity contribution in [2.24, 2.45) is 5.10 Å². The third-order valence-corrected chi connectivity index (χ3v) is 7.14. The minimum atomic E-state index is -0.223. The van der Waals surface area contributed by atoms with Crippen LogP contribution in [0.1, 0.15) is 5.56 Å². The summed E-state index contributed by atoms with van der Waals surface area (Å²) in [6.45, 7) is 0. The van der Waals surface area contributed by atoms with Crippen LogP contribution in [-0.2, 0) is 4.79 Å². The van der Waals surface area contributed by atoms with Crippen molar-refractivity contribution in [3.63, 3.8) is 0 Å². The van der Waals surface area contributed by atoms with Crippen molar-refractivity contribution in [1.29, 1.82) is 0 Å². The van der Waals surface area contributed by atoms with Crippen molar-refractivity contribution in [3.8, 4) is 17.1 Å². The Labute approximate surface area is 224 Å². The predicted molar refractivity (Wildman–Crippen MR) is 155 cm³/mol. The Balaban J connectivity index is 1.22. The van der Waals surface area contributed by atoms with E-state index in [-0.39, 0.29) is 11.7 Å². The Morgan fingerprint density at radius 1 is 0.789 bits per heavy atom. The highest BCUT2D eigenvalue weighted by atomic mass is 32.2. The van der Waals surface area contributed by atoms with Crippen LogP contribution in [-0.4, -0.2) is 32.6 Å². The van der Waals surface area contributed by atoms with Gasteiger partial charge in [0.2, 0.25) is 0 Å². The molecule has 1 N–H and O–H groups in total. The monoisotopic (exact) mass is 513 g/mol. The molecule has 6 aromatic rings. The average molecular weight is 514 g/mol. The molecule has 1 amide bonds. The fraction of sp³-hybridized carbons (Fsp3) is 0.0323. The molecule has 38 heavy (non-hydrogen) atoms. The van der Waals surface area contributed by atoms with Gasteiger partial charge in [-0.15, -0.1) is 10.2 Å². The molecule has 0 radical (unpaired) electrons. The number of benzene rings is 5. The van der Waals surface area contributed by atoms with E-state index in [0.29, 0.717) is 5.16 Å². The molecule has 0 aliphatic heterocycles. The van der Waals surface area contributed by atoms with E-state index in [9.17, 15) is 4.79 Å². The Morgan fingerprint density at radius 3 is 2.08 bits per heavy atom. The fourth-order valence-electron chi connectivity index (χ4n) is 4.47. The Morgan fingerprint density at radius 2 is 1.39 bits per heavy atom. The molecule has 6 nitrogen and oxygen atoms in total. The maximum absolute atomic E-state index is 12.8. The van der Waals surface area contributed by atoms with Crippen LogP contribution in [0.2, 0.25) is 0 Å². The number of amides is 1. The Kier molecular flexibility index (Phi) is 6.66. The maximum Gasteiger partial charge on any atom is 0.250 e. The number of carbonyl (C=O) groups excluding carboxylic acids is 1. The smallest absolute Gasteiger partial charge is 0.250 e. The molecule has 0 saturated heterocycles. The van der Waals surface area contributed by atoms with Crippen LogP contribution < -0.4 is 5.43 Å². The maximum atomic E-state index is 12.8. The third-order valence-electron chi connectivity index (χ3n) is 6.21. The zero-order chi connectivity index (χ0) is 25.7. The SMILES string of the molecule is O=C(CSc1nnc(-c2ccccc2)n1-c1ccccc1)N/N=C\c1c2ccccc2cc2ccccc12. The molecule has 0 atom stereocenters. The molecule has 184 valence electrons. The van der Waals surface area contributed by atoms with Gasteiger partial charge in [0.1, 0.15) is 0 Å². The molecule has 0 spiro atoms. The second-order valence-corrected chi connectivity index (χ2v) is 9.60. The topological polar surface area (TPSA) is 72.2 Å². The third kappa shape index (κ3) is 4.79. The summed E-state index contributed by atoms with van der Waals surface area (Å²) >= 11 is 1.32. The molecule has 1 heterocycles. The van der Waals surface area contributed by atoms with Crippen molar-refractivity contribution in [2.75, 3.05) is 5.75 Å². The normalized spacial score (nSPS) is 11.4. The van der Waals surface area contributed by atoms with E-state index in [2.05, 4.69) is 51.1 Å². The van der Waals surface area contributed by atoms with Crippen LogP contribution in [0.15, 0.2) is 126 Å². The number of hydrogen-bond acceptors (Lipinski definition) is 5. The van der Waals surface area contributed by atoms with Gasteiger partial charge in [0.05, 0.1) is 12.0 Å². The molecule has 7 heteroatoms. The molecule has 5 aromatic carbocycles. The van der Waals surface area contributed by atoms with Gasteiger partial charge >= 0.3 is 0 Å². The summed E-state index contributed by atoms with van der Waals surface area (Å²) in [5, 5.41) is 18.2. The van der Waals surface area contributed by atoms with Crippen LogP contribution in [0.4, 0.5) is 0 Å². The average Bonchev–Trinajstić information content (AvgIpc) is 3.40. The first kappa shape index (κ1) is 23.6. The van der Waals surface area contributed by atoms with Crippen molar-refractivity contribution < 1.29 is 4.79 Å². The van der Waals surface area contributed by atoms with Gasteiger partial charge < -0.3 is 0 Å². The second kappa shape index (κ2) is 10.7. The summed E-state index contributed by atoms with van der Waals surface area (Å²) < 4.78 is 1.97. The lowest BCUT2D eigenvalue weighted by atomic mass is 9.97. The van der Waals surface area contributed by atoms with Gasteiger partial charge in [-0.05, 0) is 39.7 Å². The number of nitrogens with zero attached hydrogens (tertiary/aromatic N) is 4. The van der Waals surface area contributed by atoms with Gasteiger partial charge in [-0.1, -0.05) is 109 Å². The molecule has 0 unspecified atom stereocenters. The summed E-state index contributed by atoms with van der Waals surface area (Å²) in [6.07, 6.45) is 1.73. The lowest BCUT2D eigenvalue weighted by Gasteiger charge is -2.10. The first-order valence-electron chi connectivity index (χ1n) is 12.2. The summed E-state index contributed by atoms with van der Waals surface area (Å²) in [6, 6.07) is 38.3. The molecule has 0 saturated carbocycles. The van der Waals surface area contributed by atoms with Crippen LogP contribution in [0, 0.1) is 0 Å². The van der Waals surface area contributed by atoms with Gasteiger partial charge in [-0.2, -0.15) is 5.10 Å². The fourth-order valence-corrected chi connectivity index (χ4v) is 5.21. The summed E-state index contributed by atoms with van der Waals surface area (Å²) in [5.41, 5.74) is 5.54. The van der Waals surface area contributed by atoms with Crippen LogP contribution >= 0.6 is 11.8 Å².